The van der Waals surface area contributed by atoms with Crippen LogP contribution in [0.5, 0.6) is 0 Å². The molecule has 1 aromatic carbocycles. The molecule has 2 amide bonds. The van der Waals surface area contributed by atoms with E-state index in [0.717, 1.165) is 25.2 Å². The monoisotopic (exact) mass is 470 g/mol. The van der Waals surface area contributed by atoms with Gasteiger partial charge in [-0.3, -0.25) is 21.3 Å². The average Bonchev–Trinajstić information content (AvgIpc) is 3.22. The van der Waals surface area contributed by atoms with E-state index < -0.39 is 11.6 Å². The summed E-state index contributed by atoms with van der Waals surface area (Å²) in [6.45, 7) is 18.6. The summed E-state index contributed by atoms with van der Waals surface area (Å²) in [6.07, 6.45) is 7.21. The molecule has 0 bridgehead atoms. The highest BCUT2D eigenvalue weighted by Gasteiger charge is 2.26. The number of nitrogens with two attached hydrogens (primary N) is 2. The summed E-state index contributed by atoms with van der Waals surface area (Å²) in [5.74, 6) is 9.34. The van der Waals surface area contributed by atoms with Gasteiger partial charge in [0.15, 0.2) is 0 Å². The standard InChI is InChI=1S/C11H21NO.C10H7F2NO.2C2H6.H4N2/c1-9-5-6-12(8-9)10(13)7-11(2,3)4;1-2-8-9(11)3-7(4-10(8)12)5-13-6-14;3*1-2/h9H,5-8H2,1-4H3;1,3-4,6H,5H2,(H,13,14);2*1-2H3;1-2H2. The van der Waals surface area contributed by atoms with Crippen LogP contribution in [0.3, 0.4) is 0 Å². The van der Waals surface area contributed by atoms with Gasteiger partial charge in [0.1, 0.15) is 11.6 Å². The molecule has 1 saturated heterocycles. The van der Waals surface area contributed by atoms with Gasteiger partial charge >= 0.3 is 0 Å². The minimum Gasteiger partial charge on any atom is -0.355 e. The molecule has 5 N–H and O–H groups in total. The van der Waals surface area contributed by atoms with Crippen LogP contribution in [0.2, 0.25) is 0 Å². The normalized spacial score (nSPS) is 13.8. The van der Waals surface area contributed by atoms with Gasteiger partial charge in [0, 0.05) is 26.1 Å². The first-order valence-corrected chi connectivity index (χ1v) is 11.3. The third kappa shape index (κ3) is 15.9. The van der Waals surface area contributed by atoms with Crippen molar-refractivity contribution in [3.05, 3.63) is 34.9 Å². The maximum atomic E-state index is 13.0. The van der Waals surface area contributed by atoms with E-state index in [1.54, 1.807) is 0 Å². The van der Waals surface area contributed by atoms with Gasteiger partial charge in [-0.1, -0.05) is 61.3 Å². The van der Waals surface area contributed by atoms with Crippen LogP contribution in [-0.2, 0) is 16.1 Å². The predicted octanol–water partition coefficient (Wildman–Crippen LogP) is 4.35. The molecule has 0 spiro atoms. The van der Waals surface area contributed by atoms with Crippen molar-refractivity contribution in [1.29, 1.82) is 0 Å². The maximum absolute atomic E-state index is 13.0. The molecule has 1 aromatic rings. The Kier molecular flexibility index (Phi) is 21.4. The highest BCUT2D eigenvalue weighted by Crippen LogP contribution is 2.23. The van der Waals surface area contributed by atoms with E-state index in [2.05, 4.69) is 44.7 Å². The molecule has 0 aliphatic carbocycles. The lowest BCUT2D eigenvalue weighted by Gasteiger charge is -2.22. The highest BCUT2D eigenvalue weighted by atomic mass is 19.1. The van der Waals surface area contributed by atoms with E-state index in [1.165, 1.54) is 6.42 Å². The molecule has 6 nitrogen and oxygen atoms in total. The number of carbonyl (C=O) groups is 2. The summed E-state index contributed by atoms with van der Waals surface area (Å²) in [5.41, 5.74) is 0.0640. The second kappa shape index (κ2) is 20.1. The van der Waals surface area contributed by atoms with E-state index in [-0.39, 0.29) is 17.5 Å². The van der Waals surface area contributed by atoms with Gasteiger partial charge in [-0.15, -0.1) is 6.42 Å². The third-order valence-corrected chi connectivity index (χ3v) is 4.09. The topological polar surface area (TPSA) is 101 Å². The van der Waals surface area contributed by atoms with E-state index in [4.69, 9.17) is 6.42 Å². The zero-order valence-electron chi connectivity index (χ0n) is 21.6. The molecule has 1 atom stereocenters. The second-order valence-electron chi connectivity index (χ2n) is 8.05. The van der Waals surface area contributed by atoms with Crippen molar-refractivity contribution >= 4 is 12.3 Å². The number of rotatable bonds is 4. The van der Waals surface area contributed by atoms with Crippen LogP contribution in [0.15, 0.2) is 12.1 Å². The number of amides is 2. The predicted molar refractivity (Wildman–Crippen MR) is 133 cm³/mol. The molecule has 1 fully saturated rings. The third-order valence-electron chi connectivity index (χ3n) is 4.09. The van der Waals surface area contributed by atoms with Crippen LogP contribution in [0.1, 0.15) is 79.4 Å². The van der Waals surface area contributed by atoms with Crippen LogP contribution < -0.4 is 17.0 Å². The fourth-order valence-corrected chi connectivity index (χ4v) is 2.75. The molecule has 1 unspecified atom stereocenters. The first-order chi connectivity index (χ1) is 15.6. The molecule has 0 radical (unpaired) electrons. The van der Waals surface area contributed by atoms with Crippen LogP contribution in [0.25, 0.3) is 0 Å². The molecule has 1 aliphatic rings. The Morgan fingerprint density at radius 3 is 2.03 bits per heavy atom. The summed E-state index contributed by atoms with van der Waals surface area (Å²) in [5, 5.41) is 2.29. The van der Waals surface area contributed by atoms with Crippen molar-refractivity contribution in [3.8, 4) is 12.3 Å². The molecule has 1 heterocycles. The van der Waals surface area contributed by atoms with Gasteiger partial charge in [0.2, 0.25) is 12.3 Å². The maximum Gasteiger partial charge on any atom is 0.223 e. The number of hydrazine groups is 1. The van der Waals surface area contributed by atoms with E-state index in [9.17, 15) is 18.4 Å². The van der Waals surface area contributed by atoms with Crippen molar-refractivity contribution in [2.24, 2.45) is 23.0 Å². The van der Waals surface area contributed by atoms with Crippen LogP contribution in [-0.4, -0.2) is 30.3 Å². The summed E-state index contributed by atoms with van der Waals surface area (Å²) in [7, 11) is 0. The highest BCUT2D eigenvalue weighted by molar-refractivity contribution is 5.77. The minimum absolute atomic E-state index is 0.0716. The zero-order chi connectivity index (χ0) is 26.6. The zero-order valence-corrected chi connectivity index (χ0v) is 21.6. The molecular weight excluding hydrogens is 426 g/mol. The molecule has 0 saturated carbocycles. The summed E-state index contributed by atoms with van der Waals surface area (Å²) >= 11 is 0. The Morgan fingerprint density at radius 2 is 1.70 bits per heavy atom. The van der Waals surface area contributed by atoms with Crippen molar-refractivity contribution in [2.75, 3.05) is 13.1 Å². The Balaban J connectivity index is -0.000000445. The van der Waals surface area contributed by atoms with Gasteiger partial charge in [0.25, 0.3) is 0 Å². The first-order valence-electron chi connectivity index (χ1n) is 11.3. The number of terminal acetylenes is 1. The largest absolute Gasteiger partial charge is 0.355 e. The van der Waals surface area contributed by atoms with Crippen LogP contribution in [0.4, 0.5) is 8.78 Å². The number of hydrogen-bond donors (Lipinski definition) is 3. The molecule has 2 rings (SSSR count). The van der Waals surface area contributed by atoms with Gasteiger partial charge in [-0.05, 0) is 35.4 Å². The lowest BCUT2D eigenvalue weighted by molar-refractivity contribution is -0.132. The Morgan fingerprint density at radius 1 is 1.21 bits per heavy atom. The van der Waals surface area contributed by atoms with Crippen molar-refractivity contribution in [1.82, 2.24) is 10.2 Å². The number of likely N-dealkylation sites (tertiary alicyclic amines) is 1. The second-order valence-corrected chi connectivity index (χ2v) is 8.05. The first kappa shape index (κ1) is 35.1. The van der Waals surface area contributed by atoms with Crippen LogP contribution >= 0.6 is 0 Å². The average molecular weight is 471 g/mol. The van der Waals surface area contributed by atoms with Crippen molar-refractivity contribution in [2.45, 2.75) is 74.8 Å². The summed E-state index contributed by atoms with van der Waals surface area (Å²) in [4.78, 5) is 23.7. The lowest BCUT2D eigenvalue weighted by atomic mass is 9.92. The van der Waals surface area contributed by atoms with Crippen LogP contribution in [0, 0.1) is 35.3 Å². The van der Waals surface area contributed by atoms with Gasteiger partial charge in [-0.2, -0.15) is 0 Å². The number of carbonyl (C=O) groups excluding carboxylic acids is 2. The lowest BCUT2D eigenvalue weighted by Crippen LogP contribution is -2.31. The van der Waals surface area contributed by atoms with Gasteiger partial charge in [0.05, 0.1) is 5.56 Å². The fraction of sp³-hybridized carbons (Fsp3) is 0.600. The molecule has 8 heteroatoms. The molecule has 1 aliphatic heterocycles. The molecule has 0 aromatic heterocycles. The van der Waals surface area contributed by atoms with Crippen molar-refractivity contribution in [3.63, 3.8) is 0 Å². The number of benzene rings is 1. The molecular formula is C25H44F2N4O2. The minimum atomic E-state index is -0.796. The van der Waals surface area contributed by atoms with Gasteiger partial charge < -0.3 is 10.2 Å². The Bertz CT molecular complexity index is 690. The SMILES string of the molecule is C#Cc1c(F)cc(CNC=O)cc1F.CC.CC.CC1CCN(C(=O)CC(C)(C)C)C1.NN. The quantitative estimate of drug-likeness (QED) is 0.263. The summed E-state index contributed by atoms with van der Waals surface area (Å²) < 4.78 is 26.1. The Hall–Kier alpha value is -2.50. The number of halogens is 2. The van der Waals surface area contributed by atoms with E-state index >= 15 is 0 Å². The molecule has 33 heavy (non-hydrogen) atoms. The van der Waals surface area contributed by atoms with E-state index in [1.807, 2.05) is 38.5 Å². The smallest absolute Gasteiger partial charge is 0.223 e. The van der Waals surface area contributed by atoms with E-state index in [0.29, 0.717) is 30.2 Å². The summed E-state index contributed by atoms with van der Waals surface area (Å²) in [6, 6.07) is 2.18. The number of hydrogen-bond acceptors (Lipinski definition) is 4. The Labute approximate surface area is 199 Å². The van der Waals surface area contributed by atoms with Crippen molar-refractivity contribution < 1.29 is 18.4 Å². The molecule has 190 valence electrons. The fourth-order valence-electron chi connectivity index (χ4n) is 2.75. The van der Waals surface area contributed by atoms with Gasteiger partial charge in [-0.25, -0.2) is 8.78 Å². The number of nitrogens with one attached hydrogen (secondary N) is 1. The number of nitrogens with zero attached hydrogens (tertiary/aromatic N) is 1.